The van der Waals surface area contributed by atoms with Gasteiger partial charge in [0.05, 0.1) is 0 Å². The summed E-state index contributed by atoms with van der Waals surface area (Å²) >= 11 is 0. The molecule has 1 aliphatic rings. The Labute approximate surface area is 168 Å². The van der Waals surface area contributed by atoms with Crippen LogP contribution < -0.4 is 15.5 Å². The van der Waals surface area contributed by atoms with Gasteiger partial charge in [0.2, 0.25) is 5.91 Å². The summed E-state index contributed by atoms with van der Waals surface area (Å²) in [5.74, 6) is 0.0338. The summed E-state index contributed by atoms with van der Waals surface area (Å²) in [6.45, 7) is 9.16. The monoisotopic (exact) mass is 380 g/mol. The van der Waals surface area contributed by atoms with Crippen LogP contribution >= 0.6 is 0 Å². The molecule has 150 valence electrons. The summed E-state index contributed by atoms with van der Waals surface area (Å²) in [6, 6.07) is 14.5. The standard InChI is InChI=1S/C23H32N4O/c1-4-19-7-5-6-18(2)23(19)24-13-12-22(28)25-20-8-10-21(11-9-20)27-16-14-26(3)15-17-27/h5-11,24H,4,12-17H2,1-3H3,(H,25,28). The van der Waals surface area contributed by atoms with Gasteiger partial charge in [-0.2, -0.15) is 0 Å². The first-order valence-corrected chi connectivity index (χ1v) is 10.2. The van der Waals surface area contributed by atoms with E-state index < -0.39 is 0 Å². The van der Waals surface area contributed by atoms with E-state index in [2.05, 4.69) is 71.7 Å². The lowest BCUT2D eigenvalue weighted by Gasteiger charge is -2.34. The third kappa shape index (κ3) is 5.26. The highest BCUT2D eigenvalue weighted by Crippen LogP contribution is 2.21. The van der Waals surface area contributed by atoms with Crippen molar-refractivity contribution in [1.29, 1.82) is 0 Å². The Morgan fingerprint density at radius 2 is 1.75 bits per heavy atom. The molecule has 0 saturated carbocycles. The molecule has 1 saturated heterocycles. The molecule has 28 heavy (non-hydrogen) atoms. The van der Waals surface area contributed by atoms with Crippen molar-refractivity contribution in [1.82, 2.24) is 4.90 Å². The van der Waals surface area contributed by atoms with Crippen molar-refractivity contribution in [2.45, 2.75) is 26.7 Å². The quantitative estimate of drug-likeness (QED) is 0.768. The van der Waals surface area contributed by atoms with Crippen LogP contribution in [0.25, 0.3) is 0 Å². The highest BCUT2D eigenvalue weighted by Gasteiger charge is 2.14. The Kier molecular flexibility index (Phi) is 6.93. The molecule has 1 fully saturated rings. The van der Waals surface area contributed by atoms with Gasteiger partial charge in [-0.05, 0) is 55.8 Å². The molecule has 0 unspecified atom stereocenters. The zero-order chi connectivity index (χ0) is 19.9. The molecule has 1 aliphatic heterocycles. The first-order chi connectivity index (χ1) is 13.6. The first-order valence-electron chi connectivity index (χ1n) is 10.2. The van der Waals surface area contributed by atoms with Crippen LogP contribution in [0.4, 0.5) is 17.1 Å². The van der Waals surface area contributed by atoms with Crippen molar-refractivity contribution in [2.24, 2.45) is 0 Å². The molecule has 0 aromatic heterocycles. The summed E-state index contributed by atoms with van der Waals surface area (Å²) in [5.41, 5.74) is 5.75. The second-order valence-electron chi connectivity index (χ2n) is 7.52. The highest BCUT2D eigenvalue weighted by molar-refractivity contribution is 5.91. The van der Waals surface area contributed by atoms with Crippen LogP contribution in [0.2, 0.25) is 0 Å². The number of hydrogen-bond acceptors (Lipinski definition) is 4. The Balaban J connectivity index is 1.47. The van der Waals surface area contributed by atoms with Crippen molar-refractivity contribution >= 4 is 23.0 Å². The second-order valence-corrected chi connectivity index (χ2v) is 7.52. The van der Waals surface area contributed by atoms with E-state index in [1.165, 1.54) is 16.8 Å². The maximum absolute atomic E-state index is 12.3. The van der Waals surface area contributed by atoms with Crippen LogP contribution in [0.15, 0.2) is 42.5 Å². The number of piperazine rings is 1. The fourth-order valence-corrected chi connectivity index (χ4v) is 3.62. The van der Waals surface area contributed by atoms with E-state index in [1.807, 2.05) is 12.1 Å². The molecular weight excluding hydrogens is 348 g/mol. The number of nitrogens with zero attached hydrogens (tertiary/aromatic N) is 2. The minimum atomic E-state index is 0.0338. The molecule has 0 spiro atoms. The lowest BCUT2D eigenvalue weighted by Crippen LogP contribution is -2.44. The van der Waals surface area contributed by atoms with Crippen LogP contribution in [0.5, 0.6) is 0 Å². The lowest BCUT2D eigenvalue weighted by molar-refractivity contribution is -0.115. The number of carbonyl (C=O) groups excluding carboxylic acids is 1. The molecule has 1 amide bonds. The van der Waals surface area contributed by atoms with Gasteiger partial charge in [-0.1, -0.05) is 25.1 Å². The van der Waals surface area contributed by atoms with E-state index in [-0.39, 0.29) is 5.91 Å². The average Bonchev–Trinajstić information content (AvgIpc) is 2.70. The van der Waals surface area contributed by atoms with Crippen LogP contribution in [0, 0.1) is 6.92 Å². The normalized spacial score (nSPS) is 14.8. The van der Waals surface area contributed by atoms with Crippen molar-refractivity contribution in [2.75, 3.05) is 55.3 Å². The number of nitrogens with one attached hydrogen (secondary N) is 2. The van der Waals surface area contributed by atoms with E-state index in [0.29, 0.717) is 13.0 Å². The number of anilines is 3. The maximum Gasteiger partial charge on any atom is 0.226 e. The van der Waals surface area contributed by atoms with Gasteiger partial charge in [-0.15, -0.1) is 0 Å². The molecule has 0 radical (unpaired) electrons. The van der Waals surface area contributed by atoms with Gasteiger partial charge in [0.25, 0.3) is 0 Å². The Morgan fingerprint density at radius 3 is 2.43 bits per heavy atom. The van der Waals surface area contributed by atoms with Crippen molar-refractivity contribution in [3.63, 3.8) is 0 Å². The molecule has 2 aromatic rings. The van der Waals surface area contributed by atoms with Crippen LogP contribution in [0.1, 0.15) is 24.5 Å². The number of carbonyl (C=O) groups is 1. The van der Waals surface area contributed by atoms with E-state index in [4.69, 9.17) is 0 Å². The fraction of sp³-hybridized carbons (Fsp3) is 0.435. The van der Waals surface area contributed by atoms with E-state index in [0.717, 1.165) is 44.0 Å². The minimum Gasteiger partial charge on any atom is -0.384 e. The smallest absolute Gasteiger partial charge is 0.226 e. The topological polar surface area (TPSA) is 47.6 Å². The summed E-state index contributed by atoms with van der Waals surface area (Å²) < 4.78 is 0. The van der Waals surface area contributed by atoms with Crippen molar-refractivity contribution < 1.29 is 4.79 Å². The summed E-state index contributed by atoms with van der Waals surface area (Å²) in [5, 5.41) is 6.44. The SMILES string of the molecule is CCc1cccc(C)c1NCCC(=O)Nc1ccc(N2CCN(C)CC2)cc1. The maximum atomic E-state index is 12.3. The fourth-order valence-electron chi connectivity index (χ4n) is 3.62. The molecule has 3 rings (SSSR count). The first kappa shape index (κ1) is 20.2. The Morgan fingerprint density at radius 1 is 1.04 bits per heavy atom. The van der Waals surface area contributed by atoms with E-state index >= 15 is 0 Å². The molecule has 2 N–H and O–H groups in total. The third-order valence-corrected chi connectivity index (χ3v) is 5.41. The van der Waals surface area contributed by atoms with E-state index in [1.54, 1.807) is 0 Å². The van der Waals surface area contributed by atoms with Gasteiger partial charge in [-0.25, -0.2) is 0 Å². The van der Waals surface area contributed by atoms with Gasteiger partial charge < -0.3 is 20.4 Å². The number of hydrogen-bond donors (Lipinski definition) is 2. The number of rotatable bonds is 7. The molecule has 0 bridgehead atoms. The van der Waals surface area contributed by atoms with Gasteiger partial charge in [0, 0.05) is 56.2 Å². The van der Waals surface area contributed by atoms with Gasteiger partial charge >= 0.3 is 0 Å². The summed E-state index contributed by atoms with van der Waals surface area (Å²) in [7, 11) is 2.16. The van der Waals surface area contributed by atoms with Gasteiger partial charge in [0.15, 0.2) is 0 Å². The minimum absolute atomic E-state index is 0.0338. The Bertz CT molecular complexity index is 780. The molecule has 5 nitrogen and oxygen atoms in total. The lowest BCUT2D eigenvalue weighted by atomic mass is 10.1. The molecule has 5 heteroatoms. The second kappa shape index (κ2) is 9.60. The zero-order valence-electron chi connectivity index (χ0n) is 17.3. The number of aryl methyl sites for hydroxylation is 2. The summed E-state index contributed by atoms with van der Waals surface area (Å²) in [4.78, 5) is 17.0. The van der Waals surface area contributed by atoms with E-state index in [9.17, 15) is 4.79 Å². The Hall–Kier alpha value is -2.53. The average molecular weight is 381 g/mol. The predicted molar refractivity (Wildman–Crippen MR) is 118 cm³/mol. The molecule has 2 aromatic carbocycles. The van der Waals surface area contributed by atoms with Crippen molar-refractivity contribution in [3.05, 3.63) is 53.6 Å². The zero-order valence-corrected chi connectivity index (χ0v) is 17.3. The van der Waals surface area contributed by atoms with Crippen molar-refractivity contribution in [3.8, 4) is 0 Å². The number of likely N-dealkylation sites (N-methyl/N-ethyl adjacent to an activating group) is 1. The number of benzene rings is 2. The largest absolute Gasteiger partial charge is 0.384 e. The van der Waals surface area contributed by atoms with Gasteiger partial charge in [0.1, 0.15) is 0 Å². The molecule has 1 heterocycles. The van der Waals surface area contributed by atoms with Crippen LogP contribution in [0.3, 0.4) is 0 Å². The third-order valence-electron chi connectivity index (χ3n) is 5.41. The van der Waals surface area contributed by atoms with Gasteiger partial charge in [-0.3, -0.25) is 4.79 Å². The molecule has 0 atom stereocenters. The summed E-state index contributed by atoms with van der Waals surface area (Å²) in [6.07, 6.45) is 1.42. The molecular formula is C23H32N4O. The number of para-hydroxylation sites is 1. The van der Waals surface area contributed by atoms with Crippen LogP contribution in [-0.2, 0) is 11.2 Å². The van der Waals surface area contributed by atoms with Crippen LogP contribution in [-0.4, -0.2) is 50.6 Å². The number of amides is 1. The highest BCUT2D eigenvalue weighted by atomic mass is 16.1. The predicted octanol–water partition coefficient (Wildman–Crippen LogP) is 3.75. The molecule has 0 aliphatic carbocycles.